The summed E-state index contributed by atoms with van der Waals surface area (Å²) in [7, 11) is 0. The van der Waals surface area contributed by atoms with Gasteiger partial charge in [0.05, 0.1) is 5.54 Å². The monoisotopic (exact) mass is 183 g/mol. The van der Waals surface area contributed by atoms with Gasteiger partial charge in [-0.3, -0.25) is 5.32 Å². The predicted molar refractivity (Wildman–Crippen MR) is 54.9 cm³/mol. The highest BCUT2D eigenvalue weighted by molar-refractivity contribution is 4.83. The van der Waals surface area contributed by atoms with Crippen molar-refractivity contribution in [3.8, 4) is 0 Å². The zero-order valence-electron chi connectivity index (χ0n) is 9.22. The van der Waals surface area contributed by atoms with Gasteiger partial charge in [0.25, 0.3) is 0 Å². The number of hydrogen-bond donors (Lipinski definition) is 1. The zero-order chi connectivity index (χ0) is 9.95. The van der Waals surface area contributed by atoms with Gasteiger partial charge in [-0.2, -0.15) is 10.2 Å². The summed E-state index contributed by atoms with van der Waals surface area (Å²) in [5.74, 6) is 0. The van der Waals surface area contributed by atoms with Gasteiger partial charge in [-0.15, -0.1) is 0 Å². The molecule has 1 heterocycles. The van der Waals surface area contributed by atoms with Crippen molar-refractivity contribution in [2.45, 2.75) is 58.2 Å². The van der Waals surface area contributed by atoms with Crippen LogP contribution >= 0.6 is 0 Å². The summed E-state index contributed by atoms with van der Waals surface area (Å²) in [4.78, 5) is 0. The Morgan fingerprint density at radius 3 is 2.38 bits per heavy atom. The maximum Gasteiger partial charge on any atom is 0.128 e. The Kier molecular flexibility index (Phi) is 3.06. The van der Waals surface area contributed by atoms with E-state index in [1.54, 1.807) is 0 Å². The summed E-state index contributed by atoms with van der Waals surface area (Å²) < 4.78 is 0. The standard InChI is InChI=1S/C10H21N3/c1-9(2,3)12-13-10(4)7-5-6-8-11-10/h11H,5-8H2,1-4H3. The third-order valence-electron chi connectivity index (χ3n) is 2.17. The van der Waals surface area contributed by atoms with E-state index in [1.807, 2.05) is 0 Å². The van der Waals surface area contributed by atoms with Gasteiger partial charge >= 0.3 is 0 Å². The molecule has 1 N–H and O–H groups in total. The molecule has 3 nitrogen and oxygen atoms in total. The lowest BCUT2D eigenvalue weighted by Gasteiger charge is -2.30. The summed E-state index contributed by atoms with van der Waals surface area (Å²) in [5.41, 5.74) is -0.159. The van der Waals surface area contributed by atoms with E-state index in [0.717, 1.165) is 13.0 Å². The van der Waals surface area contributed by atoms with Crippen LogP contribution in [0.25, 0.3) is 0 Å². The minimum absolute atomic E-state index is 0.0534. The Morgan fingerprint density at radius 2 is 1.92 bits per heavy atom. The fraction of sp³-hybridized carbons (Fsp3) is 1.00. The van der Waals surface area contributed by atoms with E-state index in [-0.39, 0.29) is 11.2 Å². The van der Waals surface area contributed by atoms with Crippen LogP contribution in [0.4, 0.5) is 0 Å². The van der Waals surface area contributed by atoms with Gasteiger partial charge in [0.15, 0.2) is 0 Å². The minimum Gasteiger partial charge on any atom is -0.292 e. The Hall–Kier alpha value is -0.440. The fourth-order valence-electron chi connectivity index (χ4n) is 1.39. The molecule has 1 atom stereocenters. The van der Waals surface area contributed by atoms with Gasteiger partial charge in [0.1, 0.15) is 5.66 Å². The van der Waals surface area contributed by atoms with Crippen LogP contribution in [0.3, 0.4) is 0 Å². The van der Waals surface area contributed by atoms with E-state index >= 15 is 0 Å². The van der Waals surface area contributed by atoms with Crippen molar-refractivity contribution in [2.75, 3.05) is 6.54 Å². The molecule has 1 unspecified atom stereocenters. The largest absolute Gasteiger partial charge is 0.292 e. The van der Waals surface area contributed by atoms with Gasteiger partial charge in [-0.25, -0.2) is 0 Å². The number of nitrogens with zero attached hydrogens (tertiary/aromatic N) is 2. The van der Waals surface area contributed by atoms with Gasteiger partial charge in [-0.05, 0) is 53.5 Å². The molecule has 0 amide bonds. The second-order valence-corrected chi connectivity index (χ2v) is 5.03. The van der Waals surface area contributed by atoms with Gasteiger partial charge < -0.3 is 0 Å². The maximum atomic E-state index is 4.40. The molecule has 3 heteroatoms. The Labute approximate surface area is 81.0 Å². The molecule has 1 aliphatic rings. The van der Waals surface area contributed by atoms with E-state index in [0.29, 0.717) is 0 Å². The number of rotatable bonds is 1. The minimum atomic E-state index is -0.106. The normalized spacial score (nSPS) is 31.1. The van der Waals surface area contributed by atoms with Crippen LogP contribution in [0, 0.1) is 0 Å². The maximum absolute atomic E-state index is 4.40. The number of nitrogens with one attached hydrogen (secondary N) is 1. The molecule has 0 radical (unpaired) electrons. The second kappa shape index (κ2) is 3.74. The summed E-state index contributed by atoms with van der Waals surface area (Å²) in [6, 6.07) is 0. The number of azo groups is 1. The fourth-order valence-corrected chi connectivity index (χ4v) is 1.39. The van der Waals surface area contributed by atoms with Gasteiger partial charge in [0, 0.05) is 0 Å². The van der Waals surface area contributed by atoms with Crippen LogP contribution in [0.2, 0.25) is 0 Å². The van der Waals surface area contributed by atoms with Gasteiger partial charge in [-0.1, -0.05) is 0 Å². The van der Waals surface area contributed by atoms with Crippen LogP contribution in [0.15, 0.2) is 10.2 Å². The first-order chi connectivity index (χ1) is 5.91. The first-order valence-corrected chi connectivity index (χ1v) is 5.10. The lowest BCUT2D eigenvalue weighted by atomic mass is 10.0. The lowest BCUT2D eigenvalue weighted by Crippen LogP contribution is -2.44. The first kappa shape index (κ1) is 10.6. The molecule has 0 saturated carbocycles. The Balaban J connectivity index is 2.55. The Morgan fingerprint density at radius 1 is 1.23 bits per heavy atom. The second-order valence-electron chi connectivity index (χ2n) is 5.03. The average Bonchev–Trinajstić information content (AvgIpc) is 2.02. The predicted octanol–water partition coefficient (Wildman–Crippen LogP) is 2.73. The van der Waals surface area contributed by atoms with Gasteiger partial charge in [0.2, 0.25) is 0 Å². The molecule has 1 fully saturated rings. The molecule has 13 heavy (non-hydrogen) atoms. The molecule has 1 aliphatic heterocycles. The highest BCUT2D eigenvalue weighted by Gasteiger charge is 2.26. The third-order valence-corrected chi connectivity index (χ3v) is 2.17. The summed E-state index contributed by atoms with van der Waals surface area (Å²) in [6.45, 7) is 9.41. The molecule has 0 bridgehead atoms. The summed E-state index contributed by atoms with van der Waals surface area (Å²) >= 11 is 0. The summed E-state index contributed by atoms with van der Waals surface area (Å²) in [5, 5.41) is 12.1. The highest BCUT2D eigenvalue weighted by atomic mass is 15.3. The highest BCUT2D eigenvalue weighted by Crippen LogP contribution is 2.22. The molecule has 0 aliphatic carbocycles. The molecule has 0 aromatic carbocycles. The van der Waals surface area contributed by atoms with E-state index in [1.165, 1.54) is 12.8 Å². The van der Waals surface area contributed by atoms with Crippen molar-refractivity contribution in [2.24, 2.45) is 10.2 Å². The van der Waals surface area contributed by atoms with E-state index < -0.39 is 0 Å². The van der Waals surface area contributed by atoms with E-state index in [2.05, 4.69) is 43.2 Å². The van der Waals surface area contributed by atoms with Crippen LogP contribution in [0.1, 0.15) is 47.0 Å². The smallest absolute Gasteiger partial charge is 0.128 e. The quantitative estimate of drug-likeness (QED) is 0.623. The zero-order valence-corrected chi connectivity index (χ0v) is 9.22. The Bertz CT molecular complexity index is 185. The average molecular weight is 183 g/mol. The van der Waals surface area contributed by atoms with Crippen LogP contribution < -0.4 is 5.32 Å². The summed E-state index contributed by atoms with van der Waals surface area (Å²) in [6.07, 6.45) is 3.62. The SMILES string of the molecule is CC(C)(C)N=NC1(C)CCCCN1. The van der Waals surface area contributed by atoms with Crippen molar-refractivity contribution >= 4 is 0 Å². The molecule has 0 aromatic rings. The lowest BCUT2D eigenvalue weighted by molar-refractivity contribution is 0.268. The first-order valence-electron chi connectivity index (χ1n) is 5.10. The molecular weight excluding hydrogens is 162 g/mol. The molecule has 0 spiro atoms. The van der Waals surface area contributed by atoms with Crippen molar-refractivity contribution in [3.05, 3.63) is 0 Å². The van der Waals surface area contributed by atoms with Crippen molar-refractivity contribution in [1.29, 1.82) is 0 Å². The molecule has 1 saturated heterocycles. The molecular formula is C10H21N3. The molecule has 0 aromatic heterocycles. The van der Waals surface area contributed by atoms with E-state index in [9.17, 15) is 0 Å². The van der Waals surface area contributed by atoms with Crippen molar-refractivity contribution < 1.29 is 0 Å². The van der Waals surface area contributed by atoms with Crippen LogP contribution in [-0.4, -0.2) is 17.7 Å². The molecule has 76 valence electrons. The number of hydrogen-bond acceptors (Lipinski definition) is 3. The van der Waals surface area contributed by atoms with Crippen LogP contribution in [-0.2, 0) is 0 Å². The topological polar surface area (TPSA) is 36.8 Å². The number of piperidine rings is 1. The van der Waals surface area contributed by atoms with E-state index in [4.69, 9.17) is 0 Å². The third kappa shape index (κ3) is 3.85. The van der Waals surface area contributed by atoms with Crippen molar-refractivity contribution in [1.82, 2.24) is 5.32 Å². The van der Waals surface area contributed by atoms with Crippen molar-refractivity contribution in [3.63, 3.8) is 0 Å². The molecule has 1 rings (SSSR count). The van der Waals surface area contributed by atoms with Crippen LogP contribution in [0.5, 0.6) is 0 Å².